The molecule has 2 rings (SSSR count). The van der Waals surface area contributed by atoms with Crippen LogP contribution in [0, 0.1) is 0 Å². The van der Waals surface area contributed by atoms with Crippen molar-refractivity contribution in [3.63, 3.8) is 0 Å². The summed E-state index contributed by atoms with van der Waals surface area (Å²) in [6.45, 7) is 0.829. The van der Waals surface area contributed by atoms with Gasteiger partial charge < -0.3 is 5.32 Å². The third-order valence-corrected chi connectivity index (χ3v) is 5.91. The Labute approximate surface area is 157 Å². The lowest BCUT2D eigenvalue weighted by Crippen LogP contribution is -2.41. The summed E-state index contributed by atoms with van der Waals surface area (Å²) in [7, 11) is -3.39. The second-order valence-electron chi connectivity index (χ2n) is 6.89. The van der Waals surface area contributed by atoms with E-state index in [1.54, 1.807) is 0 Å². The molecule has 1 N–H and O–H groups in total. The van der Waals surface area contributed by atoms with Gasteiger partial charge in [0.1, 0.15) is 0 Å². The molecule has 0 heterocycles. The minimum atomic E-state index is -3.39. The van der Waals surface area contributed by atoms with Crippen LogP contribution >= 0.6 is 0 Å². The number of amides is 1. The number of hydrogen-bond donors (Lipinski definition) is 1. The van der Waals surface area contributed by atoms with Crippen LogP contribution in [0.5, 0.6) is 0 Å². The Morgan fingerprint density at radius 2 is 1.92 bits per heavy atom. The molecule has 0 bridgehead atoms. The van der Waals surface area contributed by atoms with Crippen molar-refractivity contribution in [2.75, 3.05) is 25.9 Å². The summed E-state index contributed by atoms with van der Waals surface area (Å²) in [5, 5.41) is 2.83. The molecular weight excluding hydrogens is 348 g/mol. The second kappa shape index (κ2) is 10.5. The molecule has 1 aliphatic carbocycles. The van der Waals surface area contributed by atoms with Crippen LogP contribution in [0.15, 0.2) is 42.0 Å². The molecule has 0 spiro atoms. The minimum absolute atomic E-state index is 0.0998. The zero-order valence-electron chi connectivity index (χ0n) is 15.6. The number of hydrogen-bond acceptors (Lipinski definition) is 3. The largest absolute Gasteiger partial charge is 0.355 e. The summed E-state index contributed by atoms with van der Waals surface area (Å²) in [6.07, 6.45) is 10.3. The topological polar surface area (TPSA) is 66.5 Å². The fourth-order valence-corrected chi connectivity index (χ4v) is 3.92. The summed E-state index contributed by atoms with van der Waals surface area (Å²) in [5.41, 5.74) is 2.55. The highest BCUT2D eigenvalue weighted by Crippen LogP contribution is 2.20. The molecule has 0 atom stereocenters. The number of nitrogens with zero attached hydrogens (tertiary/aromatic N) is 1. The van der Waals surface area contributed by atoms with Gasteiger partial charge in [0, 0.05) is 13.1 Å². The van der Waals surface area contributed by atoms with E-state index in [0.717, 1.165) is 25.7 Å². The van der Waals surface area contributed by atoms with Crippen molar-refractivity contribution in [1.29, 1.82) is 0 Å². The Bertz CT molecular complexity index is 699. The molecule has 1 aromatic rings. The molecule has 0 saturated carbocycles. The van der Waals surface area contributed by atoms with E-state index >= 15 is 0 Å². The van der Waals surface area contributed by atoms with E-state index in [1.807, 2.05) is 18.2 Å². The molecule has 0 fully saturated rings. The van der Waals surface area contributed by atoms with E-state index in [2.05, 4.69) is 23.5 Å². The summed E-state index contributed by atoms with van der Waals surface area (Å²) in [5.74, 6) is -0.235. The van der Waals surface area contributed by atoms with E-state index in [-0.39, 0.29) is 12.5 Å². The number of carbonyl (C=O) groups is 1. The van der Waals surface area contributed by atoms with Crippen LogP contribution in [0.2, 0.25) is 0 Å². The Kier molecular flexibility index (Phi) is 8.32. The van der Waals surface area contributed by atoms with Crippen LogP contribution in [0.4, 0.5) is 0 Å². The highest BCUT2D eigenvalue weighted by Gasteiger charge is 2.20. The smallest absolute Gasteiger partial charge is 0.235 e. The highest BCUT2D eigenvalue weighted by molar-refractivity contribution is 7.88. The fourth-order valence-electron chi connectivity index (χ4n) is 3.14. The maximum Gasteiger partial charge on any atom is 0.235 e. The molecule has 0 aromatic heterocycles. The van der Waals surface area contributed by atoms with E-state index in [1.165, 1.54) is 34.5 Å². The molecule has 0 aliphatic heterocycles. The number of aryl methyl sites for hydroxylation is 1. The normalized spacial score (nSPS) is 14.9. The molecule has 0 saturated heterocycles. The number of carbonyl (C=O) groups excluding carboxylic acids is 1. The van der Waals surface area contributed by atoms with Gasteiger partial charge in [-0.1, -0.05) is 42.0 Å². The monoisotopic (exact) mass is 378 g/mol. The van der Waals surface area contributed by atoms with Crippen molar-refractivity contribution in [2.45, 2.75) is 44.9 Å². The highest BCUT2D eigenvalue weighted by atomic mass is 32.2. The molecule has 1 aliphatic rings. The lowest BCUT2D eigenvalue weighted by atomic mass is 9.97. The van der Waals surface area contributed by atoms with Gasteiger partial charge in [-0.3, -0.25) is 4.79 Å². The summed E-state index contributed by atoms with van der Waals surface area (Å²) in [6, 6.07) is 10.1. The van der Waals surface area contributed by atoms with Crippen molar-refractivity contribution in [1.82, 2.24) is 9.62 Å². The van der Waals surface area contributed by atoms with Crippen molar-refractivity contribution < 1.29 is 13.2 Å². The summed E-state index contributed by atoms with van der Waals surface area (Å²) < 4.78 is 25.2. The fraction of sp³-hybridized carbons (Fsp3) is 0.550. The number of nitrogens with one attached hydrogen (secondary N) is 1. The van der Waals surface area contributed by atoms with Crippen LogP contribution in [0.25, 0.3) is 0 Å². The van der Waals surface area contributed by atoms with Gasteiger partial charge in [0.05, 0.1) is 12.8 Å². The van der Waals surface area contributed by atoms with E-state index in [4.69, 9.17) is 0 Å². The van der Waals surface area contributed by atoms with Crippen molar-refractivity contribution in [3.05, 3.63) is 47.5 Å². The van der Waals surface area contributed by atoms with E-state index in [9.17, 15) is 13.2 Å². The minimum Gasteiger partial charge on any atom is -0.355 e. The molecule has 1 amide bonds. The number of rotatable bonds is 10. The van der Waals surface area contributed by atoms with Gasteiger partial charge in [0.2, 0.25) is 15.9 Å². The predicted octanol–water partition coefficient (Wildman–Crippen LogP) is 2.89. The average Bonchev–Trinajstić information content (AvgIpc) is 2.63. The molecular formula is C20H30N2O3S. The third kappa shape index (κ3) is 7.70. The Morgan fingerprint density at radius 3 is 2.58 bits per heavy atom. The average molecular weight is 379 g/mol. The van der Waals surface area contributed by atoms with Crippen LogP contribution in [-0.2, 0) is 21.2 Å². The SMILES string of the molecule is CS(=O)(=O)N(CCC1=CCCCC1)CC(=O)NCCCc1ccccc1. The zero-order chi connectivity index (χ0) is 18.8. The van der Waals surface area contributed by atoms with Gasteiger partial charge >= 0.3 is 0 Å². The second-order valence-corrected chi connectivity index (χ2v) is 8.88. The number of allylic oxidation sites excluding steroid dienone is 1. The van der Waals surface area contributed by atoms with E-state index in [0.29, 0.717) is 19.5 Å². The van der Waals surface area contributed by atoms with Crippen molar-refractivity contribution >= 4 is 15.9 Å². The maximum absolute atomic E-state index is 12.1. The van der Waals surface area contributed by atoms with Crippen LogP contribution in [0.3, 0.4) is 0 Å². The third-order valence-electron chi connectivity index (χ3n) is 4.66. The molecule has 144 valence electrons. The molecule has 5 nitrogen and oxygen atoms in total. The van der Waals surface area contributed by atoms with Gasteiger partial charge in [-0.05, 0) is 50.5 Å². The van der Waals surface area contributed by atoms with Gasteiger partial charge in [0.25, 0.3) is 0 Å². The quantitative estimate of drug-likeness (QED) is 0.503. The lowest BCUT2D eigenvalue weighted by Gasteiger charge is -2.21. The van der Waals surface area contributed by atoms with Gasteiger partial charge in [0.15, 0.2) is 0 Å². The first-order valence-electron chi connectivity index (χ1n) is 9.39. The first-order chi connectivity index (χ1) is 12.4. The molecule has 1 aromatic carbocycles. The van der Waals surface area contributed by atoms with Crippen LogP contribution in [-0.4, -0.2) is 44.5 Å². The number of sulfonamides is 1. The predicted molar refractivity (Wildman–Crippen MR) is 105 cm³/mol. The van der Waals surface area contributed by atoms with Crippen LogP contribution < -0.4 is 5.32 Å². The molecule has 0 unspecified atom stereocenters. The standard InChI is InChI=1S/C20H30N2O3S/c1-26(24,25)22(16-14-19-11-6-3-7-12-19)17-20(23)21-15-8-13-18-9-4-2-5-10-18/h2,4-5,9-11H,3,6-8,12-17H2,1H3,(H,21,23). The first kappa shape index (κ1) is 20.6. The number of benzene rings is 1. The van der Waals surface area contributed by atoms with Crippen LogP contribution in [0.1, 0.15) is 44.1 Å². The zero-order valence-corrected chi connectivity index (χ0v) is 16.4. The van der Waals surface area contributed by atoms with Gasteiger partial charge in [-0.25, -0.2) is 8.42 Å². The maximum atomic E-state index is 12.1. The molecule has 26 heavy (non-hydrogen) atoms. The van der Waals surface area contributed by atoms with Crippen molar-refractivity contribution in [3.8, 4) is 0 Å². The lowest BCUT2D eigenvalue weighted by molar-refractivity contribution is -0.121. The molecule has 0 radical (unpaired) electrons. The first-order valence-corrected chi connectivity index (χ1v) is 11.2. The Hall–Kier alpha value is -1.66. The summed E-state index contributed by atoms with van der Waals surface area (Å²) in [4.78, 5) is 12.1. The Morgan fingerprint density at radius 1 is 1.15 bits per heavy atom. The van der Waals surface area contributed by atoms with Gasteiger partial charge in [-0.15, -0.1) is 0 Å². The van der Waals surface area contributed by atoms with Gasteiger partial charge in [-0.2, -0.15) is 4.31 Å². The van der Waals surface area contributed by atoms with Crippen molar-refractivity contribution in [2.24, 2.45) is 0 Å². The Balaban J connectivity index is 1.74. The summed E-state index contributed by atoms with van der Waals surface area (Å²) >= 11 is 0. The van der Waals surface area contributed by atoms with E-state index < -0.39 is 10.0 Å². The molecule has 6 heteroatoms.